The van der Waals surface area contributed by atoms with Crippen molar-refractivity contribution >= 4 is 32.5 Å². The first-order valence-corrected chi connectivity index (χ1v) is 13.5. The molecule has 6 heteroatoms. The lowest BCUT2D eigenvalue weighted by Crippen LogP contribution is -2.46. The third kappa shape index (κ3) is 5.12. The molecule has 1 aromatic heterocycles. The van der Waals surface area contributed by atoms with E-state index in [4.69, 9.17) is 9.72 Å². The minimum Gasteiger partial charge on any atom is -0.475 e. The third-order valence-corrected chi connectivity index (χ3v) is 7.84. The van der Waals surface area contributed by atoms with Crippen LogP contribution in [0.2, 0.25) is 0 Å². The van der Waals surface area contributed by atoms with Gasteiger partial charge in [-0.15, -0.1) is 0 Å². The van der Waals surface area contributed by atoms with E-state index in [9.17, 15) is 0 Å². The molecule has 184 valence electrons. The van der Waals surface area contributed by atoms with Gasteiger partial charge in [-0.25, -0.2) is 0 Å². The van der Waals surface area contributed by atoms with E-state index < -0.39 is 0 Å². The second-order valence-electron chi connectivity index (χ2n) is 9.72. The standard InChI is InChI=1S/C30H31BrN4O/c31-26-8-10-27(11-9-26)35-17-15-33(16-18-35)20-24-19-25-21-34(14-12-23-5-2-1-3-6-23)22-36-30(25)29-28(24)7-4-13-32-29/h1-11,13,19H,12,14-18,20-22H2. The minimum atomic E-state index is 0.614. The Kier molecular flexibility index (Phi) is 6.90. The minimum absolute atomic E-state index is 0.614. The van der Waals surface area contributed by atoms with Gasteiger partial charge < -0.3 is 9.64 Å². The molecule has 4 aromatic rings. The Morgan fingerprint density at radius 1 is 0.861 bits per heavy atom. The zero-order chi connectivity index (χ0) is 24.3. The van der Waals surface area contributed by atoms with E-state index in [1.807, 2.05) is 12.3 Å². The van der Waals surface area contributed by atoms with E-state index in [1.54, 1.807) is 0 Å². The first-order chi connectivity index (χ1) is 17.7. The number of benzene rings is 3. The molecular formula is C30H31BrN4O. The lowest BCUT2D eigenvalue weighted by Gasteiger charge is -2.36. The normalized spacial score (nSPS) is 16.6. The van der Waals surface area contributed by atoms with Crippen molar-refractivity contribution in [2.24, 2.45) is 0 Å². The average Bonchev–Trinajstić information content (AvgIpc) is 2.93. The van der Waals surface area contributed by atoms with Crippen LogP contribution in [-0.4, -0.2) is 54.2 Å². The van der Waals surface area contributed by atoms with Gasteiger partial charge in [0.1, 0.15) is 12.2 Å². The van der Waals surface area contributed by atoms with Crippen molar-refractivity contribution in [3.8, 4) is 5.75 Å². The van der Waals surface area contributed by atoms with E-state index in [-0.39, 0.29) is 0 Å². The maximum Gasteiger partial charge on any atom is 0.152 e. The van der Waals surface area contributed by atoms with Crippen LogP contribution in [0.5, 0.6) is 5.75 Å². The number of rotatable bonds is 6. The monoisotopic (exact) mass is 542 g/mol. The maximum atomic E-state index is 6.29. The number of nitrogens with zero attached hydrogens (tertiary/aromatic N) is 4. The molecule has 0 amide bonds. The van der Waals surface area contributed by atoms with Crippen LogP contribution in [-0.2, 0) is 19.5 Å². The third-order valence-electron chi connectivity index (χ3n) is 7.31. The summed E-state index contributed by atoms with van der Waals surface area (Å²) in [6, 6.07) is 25.9. The summed E-state index contributed by atoms with van der Waals surface area (Å²) in [6.45, 7) is 7.62. The number of hydrogen-bond acceptors (Lipinski definition) is 5. The summed E-state index contributed by atoms with van der Waals surface area (Å²) in [6.07, 6.45) is 2.91. The predicted octanol–water partition coefficient (Wildman–Crippen LogP) is 5.71. The first kappa shape index (κ1) is 23.5. The van der Waals surface area contributed by atoms with Crippen molar-refractivity contribution in [2.75, 3.05) is 44.4 Å². The fourth-order valence-corrected chi connectivity index (χ4v) is 5.60. The van der Waals surface area contributed by atoms with Crippen LogP contribution in [0.25, 0.3) is 10.9 Å². The Morgan fingerprint density at radius 2 is 1.67 bits per heavy atom. The van der Waals surface area contributed by atoms with E-state index in [0.717, 1.165) is 68.0 Å². The highest BCUT2D eigenvalue weighted by molar-refractivity contribution is 9.10. The first-order valence-electron chi connectivity index (χ1n) is 12.7. The Labute approximate surface area is 221 Å². The molecular weight excluding hydrogens is 512 g/mol. The number of ether oxygens (including phenoxy) is 1. The zero-order valence-electron chi connectivity index (χ0n) is 20.4. The Morgan fingerprint density at radius 3 is 2.47 bits per heavy atom. The number of fused-ring (bicyclic) bond motifs is 3. The van der Waals surface area contributed by atoms with Gasteiger partial charge in [0.05, 0.1) is 0 Å². The number of hydrogen-bond donors (Lipinski definition) is 0. The molecule has 0 unspecified atom stereocenters. The smallest absolute Gasteiger partial charge is 0.152 e. The van der Waals surface area contributed by atoms with Crippen LogP contribution in [0, 0.1) is 0 Å². The van der Waals surface area contributed by atoms with E-state index in [0.29, 0.717) is 6.73 Å². The van der Waals surface area contributed by atoms with Crippen molar-refractivity contribution in [2.45, 2.75) is 19.5 Å². The van der Waals surface area contributed by atoms with Crippen molar-refractivity contribution in [3.63, 3.8) is 0 Å². The fraction of sp³-hybridized carbons (Fsp3) is 0.300. The molecule has 5 nitrogen and oxygen atoms in total. The zero-order valence-corrected chi connectivity index (χ0v) is 22.0. The van der Waals surface area contributed by atoms with Crippen LogP contribution in [0.4, 0.5) is 5.69 Å². The maximum absolute atomic E-state index is 6.29. The molecule has 0 spiro atoms. The summed E-state index contributed by atoms with van der Waals surface area (Å²) in [5.74, 6) is 0.963. The number of halogens is 1. The van der Waals surface area contributed by atoms with Crippen LogP contribution in [0.3, 0.4) is 0 Å². The quantitative estimate of drug-likeness (QED) is 0.311. The van der Waals surface area contributed by atoms with Crippen molar-refractivity contribution in [1.82, 2.24) is 14.8 Å². The Balaban J connectivity index is 1.17. The van der Waals surface area contributed by atoms with Crippen LogP contribution < -0.4 is 9.64 Å². The largest absolute Gasteiger partial charge is 0.475 e. The lowest BCUT2D eigenvalue weighted by atomic mass is 10.0. The van der Waals surface area contributed by atoms with Crippen LogP contribution in [0.1, 0.15) is 16.7 Å². The molecule has 0 aliphatic carbocycles. The summed E-state index contributed by atoms with van der Waals surface area (Å²) >= 11 is 3.54. The molecule has 2 aliphatic heterocycles. The van der Waals surface area contributed by atoms with Gasteiger partial charge in [0, 0.05) is 73.1 Å². The van der Waals surface area contributed by atoms with Crippen molar-refractivity contribution in [1.29, 1.82) is 0 Å². The highest BCUT2D eigenvalue weighted by Gasteiger charge is 2.24. The van der Waals surface area contributed by atoms with Gasteiger partial charge in [-0.2, -0.15) is 0 Å². The summed E-state index contributed by atoms with van der Waals surface area (Å²) < 4.78 is 7.42. The molecule has 1 saturated heterocycles. The van der Waals surface area contributed by atoms with Crippen LogP contribution >= 0.6 is 15.9 Å². The second-order valence-corrected chi connectivity index (χ2v) is 10.6. The molecule has 0 saturated carbocycles. The van der Waals surface area contributed by atoms with Crippen molar-refractivity contribution < 1.29 is 4.74 Å². The molecule has 2 aliphatic rings. The Bertz CT molecular complexity index is 1320. The van der Waals surface area contributed by atoms with E-state index in [1.165, 1.54) is 27.8 Å². The van der Waals surface area contributed by atoms with E-state index >= 15 is 0 Å². The van der Waals surface area contributed by atoms with Crippen molar-refractivity contribution in [3.05, 3.63) is 100 Å². The second kappa shape index (κ2) is 10.6. The highest BCUT2D eigenvalue weighted by atomic mass is 79.9. The molecule has 0 atom stereocenters. The summed E-state index contributed by atoms with van der Waals surface area (Å²) in [4.78, 5) is 12.2. The fourth-order valence-electron chi connectivity index (χ4n) is 5.34. The van der Waals surface area contributed by atoms with Crippen LogP contribution in [0.15, 0.2) is 83.5 Å². The summed E-state index contributed by atoms with van der Waals surface area (Å²) in [5.41, 5.74) is 6.27. The molecule has 6 rings (SSSR count). The Hall–Kier alpha value is -2.93. The van der Waals surface area contributed by atoms with Gasteiger partial charge >= 0.3 is 0 Å². The molecule has 3 aromatic carbocycles. The van der Waals surface area contributed by atoms with E-state index in [2.05, 4.69) is 97.4 Å². The number of piperazine rings is 1. The number of anilines is 1. The van der Waals surface area contributed by atoms with Gasteiger partial charge in [0.25, 0.3) is 0 Å². The van der Waals surface area contributed by atoms with Gasteiger partial charge in [0.2, 0.25) is 0 Å². The van der Waals surface area contributed by atoms with Gasteiger partial charge in [-0.1, -0.05) is 52.3 Å². The molecule has 36 heavy (non-hydrogen) atoms. The molecule has 0 bridgehead atoms. The number of aromatic nitrogens is 1. The average molecular weight is 544 g/mol. The SMILES string of the molecule is Brc1ccc(N2CCN(Cc3cc4c(c5ncccc35)OCN(CCc3ccccc3)C4)CC2)cc1. The summed E-state index contributed by atoms with van der Waals surface area (Å²) in [7, 11) is 0. The summed E-state index contributed by atoms with van der Waals surface area (Å²) in [5, 5.41) is 1.21. The lowest BCUT2D eigenvalue weighted by molar-refractivity contribution is 0.0979. The van der Waals surface area contributed by atoms with Gasteiger partial charge in [-0.3, -0.25) is 14.8 Å². The van der Waals surface area contributed by atoms with Gasteiger partial charge in [0.15, 0.2) is 5.75 Å². The topological polar surface area (TPSA) is 31.8 Å². The van der Waals surface area contributed by atoms with Gasteiger partial charge in [-0.05, 0) is 53.9 Å². The molecule has 0 radical (unpaired) electrons. The molecule has 3 heterocycles. The molecule has 0 N–H and O–H groups in total. The molecule has 1 fully saturated rings. The predicted molar refractivity (Wildman–Crippen MR) is 149 cm³/mol. The highest BCUT2D eigenvalue weighted by Crippen LogP contribution is 2.35. The number of pyridine rings is 1.